The minimum Gasteiger partial charge on any atom is -0.491 e. The largest absolute Gasteiger partial charge is 0.491 e. The molecule has 0 saturated carbocycles. The zero-order chi connectivity index (χ0) is 15.0. The third-order valence-corrected chi connectivity index (χ3v) is 2.88. The lowest BCUT2D eigenvalue weighted by molar-refractivity contribution is -0.123. The lowest BCUT2D eigenvalue weighted by atomic mass is 10.2. The van der Waals surface area contributed by atoms with Crippen molar-refractivity contribution in [1.29, 1.82) is 0 Å². The summed E-state index contributed by atoms with van der Waals surface area (Å²) in [7, 11) is 1.59. The van der Waals surface area contributed by atoms with Gasteiger partial charge in [-0.2, -0.15) is 0 Å². The summed E-state index contributed by atoms with van der Waals surface area (Å²) in [6.45, 7) is 4.79. The molecular formula is C15H24N2O3. The second kappa shape index (κ2) is 8.55. The van der Waals surface area contributed by atoms with Gasteiger partial charge in [-0.3, -0.25) is 4.79 Å². The van der Waals surface area contributed by atoms with Crippen molar-refractivity contribution in [3.63, 3.8) is 0 Å². The van der Waals surface area contributed by atoms with Crippen LogP contribution in [0.1, 0.15) is 18.9 Å². The number of ether oxygens (including phenoxy) is 2. The first kappa shape index (κ1) is 16.5. The van der Waals surface area contributed by atoms with Crippen molar-refractivity contribution in [3.8, 4) is 5.75 Å². The number of hydrogen-bond donors (Lipinski definition) is 2. The minimum atomic E-state index is -0.545. The minimum absolute atomic E-state index is 0.0996. The fraction of sp³-hybridized carbons (Fsp3) is 0.533. The van der Waals surface area contributed by atoms with Crippen LogP contribution >= 0.6 is 0 Å². The lowest BCUT2D eigenvalue weighted by Gasteiger charge is -2.18. The number of amides is 1. The lowest BCUT2D eigenvalue weighted by Crippen LogP contribution is -2.46. The third kappa shape index (κ3) is 6.04. The predicted octanol–water partition coefficient (Wildman–Crippen LogP) is 1.24. The maximum absolute atomic E-state index is 11.8. The number of nitrogens with two attached hydrogens (primary N) is 1. The first-order chi connectivity index (χ1) is 9.52. The van der Waals surface area contributed by atoms with E-state index in [1.165, 1.54) is 5.56 Å². The Bertz CT molecular complexity index is 406. The van der Waals surface area contributed by atoms with E-state index in [9.17, 15) is 4.79 Å². The van der Waals surface area contributed by atoms with Crippen molar-refractivity contribution >= 4 is 5.91 Å². The monoisotopic (exact) mass is 280 g/mol. The molecule has 0 fully saturated rings. The fourth-order valence-corrected chi connectivity index (χ4v) is 1.62. The second-order valence-electron chi connectivity index (χ2n) is 4.92. The molecule has 2 unspecified atom stereocenters. The molecule has 0 heterocycles. The van der Waals surface area contributed by atoms with Gasteiger partial charge in [0.15, 0.2) is 0 Å². The number of nitrogens with one attached hydrogen (secondary N) is 1. The fourth-order valence-electron chi connectivity index (χ4n) is 1.62. The highest BCUT2D eigenvalue weighted by Gasteiger charge is 2.15. The van der Waals surface area contributed by atoms with E-state index in [0.717, 1.165) is 5.75 Å². The van der Waals surface area contributed by atoms with Gasteiger partial charge >= 0.3 is 0 Å². The van der Waals surface area contributed by atoms with Gasteiger partial charge in [-0.1, -0.05) is 17.7 Å². The molecule has 2 atom stereocenters. The molecule has 0 saturated heterocycles. The summed E-state index contributed by atoms with van der Waals surface area (Å²) >= 11 is 0. The average Bonchev–Trinajstić information content (AvgIpc) is 2.44. The maximum Gasteiger partial charge on any atom is 0.237 e. The Kier molecular flexibility index (Phi) is 7.04. The summed E-state index contributed by atoms with van der Waals surface area (Å²) < 4.78 is 10.5. The van der Waals surface area contributed by atoms with Crippen molar-refractivity contribution in [1.82, 2.24) is 5.32 Å². The Morgan fingerprint density at radius 2 is 2.00 bits per heavy atom. The first-order valence-corrected chi connectivity index (χ1v) is 6.77. The quantitative estimate of drug-likeness (QED) is 0.751. The molecule has 112 valence electrons. The summed E-state index contributed by atoms with van der Waals surface area (Å²) in [4.78, 5) is 11.8. The molecule has 3 N–H and O–H groups in total. The van der Waals surface area contributed by atoms with Gasteiger partial charge < -0.3 is 20.5 Å². The number of aryl methyl sites for hydroxylation is 1. The van der Waals surface area contributed by atoms with Crippen LogP contribution < -0.4 is 15.8 Å². The molecule has 0 aliphatic heterocycles. The molecule has 0 aliphatic carbocycles. The van der Waals surface area contributed by atoms with Gasteiger partial charge in [0.05, 0.1) is 12.1 Å². The molecule has 0 aromatic heterocycles. The van der Waals surface area contributed by atoms with Crippen LogP contribution in [-0.2, 0) is 9.53 Å². The Morgan fingerprint density at radius 1 is 1.35 bits per heavy atom. The number of methoxy groups -OCH3 is 1. The van der Waals surface area contributed by atoms with Crippen LogP contribution in [0.4, 0.5) is 0 Å². The highest BCUT2D eigenvalue weighted by atomic mass is 16.5. The molecule has 0 spiro atoms. The smallest absolute Gasteiger partial charge is 0.237 e. The van der Waals surface area contributed by atoms with Crippen LogP contribution in [0.5, 0.6) is 5.75 Å². The molecular weight excluding hydrogens is 256 g/mol. The average molecular weight is 280 g/mol. The number of carbonyl (C=O) groups is 1. The summed E-state index contributed by atoms with van der Waals surface area (Å²) in [5.74, 6) is 0.613. The van der Waals surface area contributed by atoms with E-state index >= 15 is 0 Å². The molecule has 5 nitrogen and oxygen atoms in total. The van der Waals surface area contributed by atoms with Crippen molar-refractivity contribution < 1.29 is 14.3 Å². The van der Waals surface area contributed by atoms with Crippen molar-refractivity contribution in [2.45, 2.75) is 32.4 Å². The Hall–Kier alpha value is -1.59. The molecule has 0 radical (unpaired) electrons. The SMILES string of the molecule is COCCC(N)C(=O)NC(C)COc1ccc(C)cc1. The van der Waals surface area contributed by atoms with Crippen molar-refractivity contribution in [2.24, 2.45) is 5.73 Å². The maximum atomic E-state index is 11.8. The van der Waals surface area contributed by atoms with Gasteiger partial charge in [-0.25, -0.2) is 0 Å². The molecule has 0 bridgehead atoms. The van der Waals surface area contributed by atoms with E-state index in [1.807, 2.05) is 38.1 Å². The van der Waals surface area contributed by atoms with Crippen LogP contribution in [-0.4, -0.2) is 38.3 Å². The number of benzene rings is 1. The number of rotatable bonds is 8. The van der Waals surface area contributed by atoms with Gasteiger partial charge in [-0.15, -0.1) is 0 Å². The van der Waals surface area contributed by atoms with Gasteiger partial charge in [0.1, 0.15) is 12.4 Å². The van der Waals surface area contributed by atoms with E-state index < -0.39 is 6.04 Å². The molecule has 5 heteroatoms. The van der Waals surface area contributed by atoms with Crippen molar-refractivity contribution in [2.75, 3.05) is 20.3 Å². The number of carbonyl (C=O) groups excluding carboxylic acids is 1. The van der Waals surface area contributed by atoms with Gasteiger partial charge in [0, 0.05) is 13.7 Å². The Morgan fingerprint density at radius 3 is 2.60 bits per heavy atom. The zero-order valence-electron chi connectivity index (χ0n) is 12.4. The molecule has 1 amide bonds. The topological polar surface area (TPSA) is 73.6 Å². The van der Waals surface area contributed by atoms with Crippen LogP contribution in [0.3, 0.4) is 0 Å². The van der Waals surface area contributed by atoms with E-state index in [2.05, 4.69) is 5.32 Å². The van der Waals surface area contributed by atoms with Gasteiger partial charge in [0.25, 0.3) is 0 Å². The summed E-state index contributed by atoms with van der Waals surface area (Å²) in [5, 5.41) is 2.83. The predicted molar refractivity (Wildman–Crippen MR) is 78.7 cm³/mol. The molecule has 20 heavy (non-hydrogen) atoms. The second-order valence-corrected chi connectivity index (χ2v) is 4.92. The van der Waals surface area contributed by atoms with Crippen molar-refractivity contribution in [3.05, 3.63) is 29.8 Å². The van der Waals surface area contributed by atoms with Crippen LogP contribution in [0.25, 0.3) is 0 Å². The Balaban J connectivity index is 2.30. The zero-order valence-corrected chi connectivity index (χ0v) is 12.4. The molecule has 1 aromatic rings. The van der Waals surface area contributed by atoms with Crippen LogP contribution in [0, 0.1) is 6.92 Å². The van der Waals surface area contributed by atoms with E-state index in [-0.39, 0.29) is 11.9 Å². The van der Waals surface area contributed by atoms with Gasteiger partial charge in [0.2, 0.25) is 5.91 Å². The highest BCUT2D eigenvalue weighted by molar-refractivity contribution is 5.81. The highest BCUT2D eigenvalue weighted by Crippen LogP contribution is 2.11. The molecule has 0 aliphatic rings. The summed E-state index contributed by atoms with van der Waals surface area (Å²) in [6, 6.07) is 7.15. The summed E-state index contributed by atoms with van der Waals surface area (Å²) in [5.41, 5.74) is 6.93. The van der Waals surface area contributed by atoms with Gasteiger partial charge in [-0.05, 0) is 32.4 Å². The van der Waals surface area contributed by atoms with E-state index in [4.69, 9.17) is 15.2 Å². The summed E-state index contributed by atoms with van der Waals surface area (Å²) in [6.07, 6.45) is 0.508. The standard InChI is InChI=1S/C15H24N2O3/c1-11-4-6-13(7-5-11)20-10-12(2)17-15(18)14(16)8-9-19-3/h4-7,12,14H,8-10,16H2,1-3H3,(H,17,18). The molecule has 1 rings (SSSR count). The Labute approximate surface area is 120 Å². The number of hydrogen-bond acceptors (Lipinski definition) is 4. The van der Waals surface area contributed by atoms with Crippen LogP contribution in [0.2, 0.25) is 0 Å². The molecule has 1 aromatic carbocycles. The third-order valence-electron chi connectivity index (χ3n) is 2.88. The first-order valence-electron chi connectivity index (χ1n) is 6.77. The van der Waals surface area contributed by atoms with Crippen LogP contribution in [0.15, 0.2) is 24.3 Å². The van der Waals surface area contributed by atoms with E-state index in [0.29, 0.717) is 19.6 Å². The van der Waals surface area contributed by atoms with E-state index in [1.54, 1.807) is 7.11 Å². The normalized spacial score (nSPS) is 13.6.